The third kappa shape index (κ3) is 2.95. The van der Waals surface area contributed by atoms with Crippen LogP contribution in [0.25, 0.3) is 16.6 Å². The zero-order valence-electron chi connectivity index (χ0n) is 14.4. The molecule has 1 fully saturated rings. The van der Waals surface area contributed by atoms with Crippen molar-refractivity contribution in [2.75, 3.05) is 18.0 Å². The average Bonchev–Trinajstić information content (AvgIpc) is 2.58. The van der Waals surface area contributed by atoms with Crippen molar-refractivity contribution in [3.63, 3.8) is 0 Å². The van der Waals surface area contributed by atoms with E-state index in [1.165, 1.54) is 10.6 Å². The van der Waals surface area contributed by atoms with Gasteiger partial charge in [-0.3, -0.25) is 4.57 Å². The number of nitrogens with zero attached hydrogens (tertiary/aromatic N) is 3. The summed E-state index contributed by atoms with van der Waals surface area (Å²) in [6.45, 7) is 2.36. The lowest BCUT2D eigenvalue weighted by molar-refractivity contribution is -0.137. The van der Waals surface area contributed by atoms with E-state index in [1.54, 1.807) is 36.1 Å². The molecule has 27 heavy (non-hydrogen) atoms. The Morgan fingerprint density at radius 3 is 2.48 bits per heavy atom. The Hall–Kier alpha value is -2.87. The predicted molar refractivity (Wildman–Crippen MR) is 95.3 cm³/mol. The number of hydrogen-bond acceptors (Lipinski definition) is 4. The van der Waals surface area contributed by atoms with Gasteiger partial charge in [0, 0.05) is 18.5 Å². The lowest BCUT2D eigenvalue weighted by atomic mass is 10.1. The Morgan fingerprint density at radius 2 is 1.85 bits per heavy atom. The van der Waals surface area contributed by atoms with E-state index in [9.17, 15) is 23.1 Å². The summed E-state index contributed by atoms with van der Waals surface area (Å²) in [5.41, 5.74) is -0.137. The molecule has 8 heteroatoms. The molecule has 1 aliphatic rings. The van der Waals surface area contributed by atoms with Crippen LogP contribution in [0, 0.1) is 6.92 Å². The van der Waals surface area contributed by atoms with Crippen molar-refractivity contribution in [1.29, 1.82) is 0 Å². The molecule has 0 aliphatic carbocycles. The summed E-state index contributed by atoms with van der Waals surface area (Å²) < 4.78 is 41.0. The second-order valence-corrected chi connectivity index (χ2v) is 6.63. The monoisotopic (exact) mass is 375 g/mol. The van der Waals surface area contributed by atoms with Crippen LogP contribution >= 0.6 is 0 Å². The largest absolute Gasteiger partial charge is 0.416 e. The molecule has 0 atom stereocenters. The maximum absolute atomic E-state index is 13.3. The molecule has 5 nitrogen and oxygen atoms in total. The fourth-order valence-electron chi connectivity index (χ4n) is 3.30. The molecule has 0 radical (unpaired) electrons. The Balaban J connectivity index is 2.05. The topological polar surface area (TPSA) is 58.4 Å². The number of alkyl halides is 3. The van der Waals surface area contributed by atoms with Crippen molar-refractivity contribution in [2.24, 2.45) is 0 Å². The van der Waals surface area contributed by atoms with Crippen molar-refractivity contribution < 1.29 is 18.3 Å². The number of aliphatic hydroxyl groups excluding tert-OH is 1. The zero-order chi connectivity index (χ0) is 19.3. The van der Waals surface area contributed by atoms with Gasteiger partial charge < -0.3 is 10.0 Å². The van der Waals surface area contributed by atoms with Gasteiger partial charge in [-0.25, -0.2) is 4.79 Å². The first-order valence-corrected chi connectivity index (χ1v) is 8.39. The van der Waals surface area contributed by atoms with Crippen LogP contribution in [0.15, 0.2) is 47.3 Å². The Labute approximate surface area is 152 Å². The SMILES string of the molecule is Cc1ccccc1-n1c(=O)nc(N2CC(O)C2)c2ccc(C(F)(F)F)cc21. The minimum atomic E-state index is -4.53. The van der Waals surface area contributed by atoms with Crippen LogP contribution in [-0.2, 0) is 6.18 Å². The smallest absolute Gasteiger partial charge is 0.389 e. The highest BCUT2D eigenvalue weighted by Gasteiger charge is 2.33. The summed E-state index contributed by atoms with van der Waals surface area (Å²) >= 11 is 0. The van der Waals surface area contributed by atoms with Gasteiger partial charge in [-0.2, -0.15) is 18.2 Å². The van der Waals surface area contributed by atoms with E-state index in [4.69, 9.17) is 0 Å². The molecule has 2 heterocycles. The van der Waals surface area contributed by atoms with Gasteiger partial charge in [-0.05, 0) is 36.8 Å². The summed E-state index contributed by atoms with van der Waals surface area (Å²) in [6, 6.07) is 10.2. The molecular formula is C19H16F3N3O2. The first-order chi connectivity index (χ1) is 12.8. The Kier molecular flexibility index (Phi) is 3.96. The molecule has 0 unspecified atom stereocenters. The second kappa shape index (κ2) is 6.09. The van der Waals surface area contributed by atoms with Gasteiger partial charge >= 0.3 is 11.9 Å². The molecule has 1 N–H and O–H groups in total. The Morgan fingerprint density at radius 1 is 1.15 bits per heavy atom. The molecule has 1 aromatic heterocycles. The number of halogens is 3. The van der Waals surface area contributed by atoms with Crippen LogP contribution < -0.4 is 10.6 Å². The lowest BCUT2D eigenvalue weighted by Gasteiger charge is -2.37. The normalized spacial score (nSPS) is 15.2. The third-order valence-electron chi connectivity index (χ3n) is 4.72. The molecular weight excluding hydrogens is 359 g/mol. The van der Waals surface area contributed by atoms with E-state index in [2.05, 4.69) is 4.98 Å². The molecule has 1 aliphatic heterocycles. The molecule has 0 saturated carbocycles. The molecule has 0 spiro atoms. The molecule has 1 saturated heterocycles. The van der Waals surface area contributed by atoms with Crippen LogP contribution in [0.3, 0.4) is 0 Å². The number of anilines is 1. The standard InChI is InChI=1S/C19H16F3N3O2/c1-11-4-2-3-5-15(11)25-16-8-12(19(20,21)22)6-7-14(16)17(23-18(25)27)24-9-13(26)10-24/h2-8,13,26H,9-10H2,1H3. The van der Waals surface area contributed by atoms with E-state index in [0.29, 0.717) is 16.9 Å². The highest BCUT2D eigenvalue weighted by molar-refractivity contribution is 5.91. The molecule has 4 rings (SSSR count). The van der Waals surface area contributed by atoms with E-state index in [1.807, 2.05) is 0 Å². The Bertz CT molecular complexity index is 1090. The van der Waals surface area contributed by atoms with Crippen molar-refractivity contribution in [3.8, 4) is 5.69 Å². The number of aryl methyl sites for hydroxylation is 1. The highest BCUT2D eigenvalue weighted by Crippen LogP contribution is 2.34. The third-order valence-corrected chi connectivity index (χ3v) is 4.72. The maximum atomic E-state index is 13.3. The van der Waals surface area contributed by atoms with Gasteiger partial charge in [-0.1, -0.05) is 18.2 Å². The summed E-state index contributed by atoms with van der Waals surface area (Å²) in [4.78, 5) is 18.6. The fraction of sp³-hybridized carbons (Fsp3) is 0.263. The number of aliphatic hydroxyl groups is 1. The predicted octanol–water partition coefficient (Wildman–Crippen LogP) is 2.89. The number of benzene rings is 2. The second-order valence-electron chi connectivity index (χ2n) is 6.63. The number of para-hydroxylation sites is 1. The summed E-state index contributed by atoms with van der Waals surface area (Å²) in [5.74, 6) is 0.291. The van der Waals surface area contributed by atoms with Gasteiger partial charge in [0.2, 0.25) is 0 Å². The fourth-order valence-corrected chi connectivity index (χ4v) is 3.30. The quantitative estimate of drug-likeness (QED) is 0.748. The molecule has 2 aromatic carbocycles. The van der Waals surface area contributed by atoms with Crippen molar-refractivity contribution in [3.05, 3.63) is 64.1 Å². The summed E-state index contributed by atoms with van der Waals surface area (Å²) in [5, 5.41) is 9.97. The number of hydrogen-bond donors (Lipinski definition) is 1. The highest BCUT2D eigenvalue weighted by atomic mass is 19.4. The number of rotatable bonds is 2. The molecule has 0 amide bonds. The molecule has 140 valence electrons. The van der Waals surface area contributed by atoms with Crippen LogP contribution in [0.5, 0.6) is 0 Å². The van der Waals surface area contributed by atoms with Gasteiger partial charge in [-0.15, -0.1) is 0 Å². The van der Waals surface area contributed by atoms with Gasteiger partial charge in [0.05, 0.1) is 22.9 Å². The van der Waals surface area contributed by atoms with E-state index >= 15 is 0 Å². The van der Waals surface area contributed by atoms with Crippen molar-refractivity contribution >= 4 is 16.7 Å². The minimum absolute atomic E-state index is 0.135. The maximum Gasteiger partial charge on any atom is 0.416 e. The van der Waals surface area contributed by atoms with Gasteiger partial charge in [0.1, 0.15) is 5.82 Å². The van der Waals surface area contributed by atoms with Crippen LogP contribution in [0.1, 0.15) is 11.1 Å². The number of aromatic nitrogens is 2. The number of fused-ring (bicyclic) bond motifs is 1. The van der Waals surface area contributed by atoms with Crippen molar-refractivity contribution in [2.45, 2.75) is 19.2 Å². The molecule has 3 aromatic rings. The molecule has 0 bridgehead atoms. The van der Waals surface area contributed by atoms with Crippen molar-refractivity contribution in [1.82, 2.24) is 9.55 Å². The van der Waals surface area contributed by atoms with Crippen LogP contribution in [0.4, 0.5) is 19.0 Å². The lowest BCUT2D eigenvalue weighted by Crippen LogP contribution is -2.51. The average molecular weight is 375 g/mol. The van der Waals surface area contributed by atoms with E-state index < -0.39 is 23.5 Å². The zero-order valence-corrected chi connectivity index (χ0v) is 14.4. The van der Waals surface area contributed by atoms with E-state index in [0.717, 1.165) is 17.7 Å². The van der Waals surface area contributed by atoms with Gasteiger partial charge in [0.25, 0.3) is 0 Å². The van der Waals surface area contributed by atoms with E-state index in [-0.39, 0.29) is 18.6 Å². The number of β-amino-alcohol motifs (C(OH)–C–C–N with tert-alkyl or cyclic N) is 1. The van der Waals surface area contributed by atoms with Crippen LogP contribution in [0.2, 0.25) is 0 Å². The minimum Gasteiger partial charge on any atom is -0.389 e. The first kappa shape index (κ1) is 17.5. The van der Waals surface area contributed by atoms with Crippen LogP contribution in [-0.4, -0.2) is 33.9 Å². The summed E-state index contributed by atoms with van der Waals surface area (Å²) in [6.07, 6.45) is -5.06. The summed E-state index contributed by atoms with van der Waals surface area (Å²) in [7, 11) is 0. The van der Waals surface area contributed by atoms with Gasteiger partial charge in [0.15, 0.2) is 0 Å². The first-order valence-electron chi connectivity index (χ1n) is 8.39.